The number of benzene rings is 1. The molecule has 90 valence electrons. The Morgan fingerprint density at radius 1 is 1.33 bits per heavy atom. The lowest BCUT2D eigenvalue weighted by Gasteiger charge is -2.07. The van der Waals surface area contributed by atoms with Crippen LogP contribution in [0.5, 0.6) is 5.75 Å². The van der Waals surface area contributed by atoms with Crippen molar-refractivity contribution in [1.82, 2.24) is 9.97 Å². The van der Waals surface area contributed by atoms with Gasteiger partial charge in [-0.15, -0.1) is 0 Å². The van der Waals surface area contributed by atoms with Crippen LogP contribution in [0.3, 0.4) is 0 Å². The number of hydrogen-bond acceptors (Lipinski definition) is 5. The third kappa shape index (κ3) is 2.67. The van der Waals surface area contributed by atoms with E-state index in [0.717, 1.165) is 11.4 Å². The van der Waals surface area contributed by atoms with Gasteiger partial charge < -0.3 is 10.1 Å². The molecule has 0 fully saturated rings. The lowest BCUT2D eigenvalue weighted by molar-refractivity contribution is 0.415. The van der Waals surface area contributed by atoms with Crippen LogP contribution in [-0.4, -0.2) is 17.1 Å². The molecule has 1 aromatic heterocycles. The number of methoxy groups -OCH3 is 1. The number of rotatable bonds is 3. The van der Waals surface area contributed by atoms with Crippen molar-refractivity contribution in [3.05, 3.63) is 41.3 Å². The molecule has 2 rings (SSSR count). The molecule has 0 spiro atoms. The second-order valence-electron chi connectivity index (χ2n) is 3.37. The van der Waals surface area contributed by atoms with Gasteiger partial charge in [0.2, 0.25) is 5.28 Å². The van der Waals surface area contributed by atoms with Crippen LogP contribution in [0.4, 0.5) is 11.5 Å². The van der Waals surface area contributed by atoms with E-state index in [1.165, 1.54) is 6.20 Å². The van der Waals surface area contributed by atoms with Crippen molar-refractivity contribution >= 4 is 23.1 Å². The number of nitrogens with one attached hydrogen (secondary N) is 1. The first-order chi connectivity index (χ1) is 8.72. The minimum atomic E-state index is 0.0880. The molecule has 0 saturated carbocycles. The average Bonchev–Trinajstić information content (AvgIpc) is 2.40. The van der Waals surface area contributed by atoms with Gasteiger partial charge in [-0.25, -0.2) is 4.98 Å². The van der Waals surface area contributed by atoms with Gasteiger partial charge in [-0.1, -0.05) is 0 Å². The highest BCUT2D eigenvalue weighted by Crippen LogP contribution is 2.21. The molecule has 0 unspecified atom stereocenters. The first kappa shape index (κ1) is 12.1. The molecule has 6 heteroatoms. The Hall–Kier alpha value is -2.32. The van der Waals surface area contributed by atoms with Crippen LogP contribution in [-0.2, 0) is 0 Å². The third-order valence-corrected chi connectivity index (χ3v) is 2.41. The molecule has 1 heterocycles. The predicted octanol–water partition coefficient (Wildman–Crippen LogP) is 2.75. The van der Waals surface area contributed by atoms with Crippen LogP contribution in [0.25, 0.3) is 0 Å². The highest BCUT2D eigenvalue weighted by atomic mass is 35.5. The summed E-state index contributed by atoms with van der Waals surface area (Å²) in [6.45, 7) is 0. The normalized spacial score (nSPS) is 9.61. The summed E-state index contributed by atoms with van der Waals surface area (Å²) in [6.07, 6.45) is 1.38. The molecule has 0 aliphatic rings. The standard InChI is InChI=1S/C12H9ClN4O/c1-18-10-4-2-9(3-5-10)16-11-8(6-14)7-15-12(13)17-11/h2-5,7H,1H3,(H,15,16,17). The summed E-state index contributed by atoms with van der Waals surface area (Å²) in [7, 11) is 1.60. The number of ether oxygens (including phenoxy) is 1. The molecule has 2 aromatic rings. The SMILES string of the molecule is COc1ccc(Nc2nc(Cl)ncc2C#N)cc1. The summed E-state index contributed by atoms with van der Waals surface area (Å²) < 4.78 is 5.06. The summed E-state index contributed by atoms with van der Waals surface area (Å²) in [5, 5.41) is 12.0. The number of aromatic nitrogens is 2. The molecule has 0 aliphatic carbocycles. The quantitative estimate of drug-likeness (QED) is 0.859. The molecule has 0 saturated heterocycles. The van der Waals surface area contributed by atoms with E-state index in [4.69, 9.17) is 21.6 Å². The van der Waals surface area contributed by atoms with Crippen molar-refractivity contribution in [2.45, 2.75) is 0 Å². The molecule has 18 heavy (non-hydrogen) atoms. The first-order valence-electron chi connectivity index (χ1n) is 5.06. The van der Waals surface area contributed by atoms with E-state index < -0.39 is 0 Å². The van der Waals surface area contributed by atoms with E-state index in [9.17, 15) is 0 Å². The molecular weight excluding hydrogens is 252 g/mol. The Morgan fingerprint density at radius 3 is 2.67 bits per heavy atom. The third-order valence-electron chi connectivity index (χ3n) is 2.23. The predicted molar refractivity (Wildman–Crippen MR) is 68.0 cm³/mol. The number of anilines is 2. The summed E-state index contributed by atoms with van der Waals surface area (Å²) >= 11 is 5.70. The molecule has 0 bridgehead atoms. The average molecular weight is 261 g/mol. The smallest absolute Gasteiger partial charge is 0.224 e. The van der Waals surface area contributed by atoms with Crippen molar-refractivity contribution in [3.8, 4) is 11.8 Å². The lowest BCUT2D eigenvalue weighted by Crippen LogP contribution is -1.98. The number of hydrogen-bond donors (Lipinski definition) is 1. The largest absolute Gasteiger partial charge is 0.497 e. The highest BCUT2D eigenvalue weighted by molar-refractivity contribution is 6.28. The van der Waals surface area contributed by atoms with Crippen molar-refractivity contribution in [1.29, 1.82) is 5.26 Å². The Balaban J connectivity index is 2.27. The minimum Gasteiger partial charge on any atom is -0.497 e. The maximum absolute atomic E-state index is 8.94. The van der Waals surface area contributed by atoms with Crippen LogP contribution in [0.15, 0.2) is 30.5 Å². The second-order valence-corrected chi connectivity index (χ2v) is 3.70. The van der Waals surface area contributed by atoms with E-state index in [1.54, 1.807) is 19.2 Å². The molecular formula is C12H9ClN4O. The van der Waals surface area contributed by atoms with Gasteiger partial charge in [-0.2, -0.15) is 10.2 Å². The molecule has 1 N–H and O–H groups in total. The number of nitrogens with zero attached hydrogens (tertiary/aromatic N) is 3. The topological polar surface area (TPSA) is 70.8 Å². The summed E-state index contributed by atoms with van der Waals surface area (Å²) in [6, 6.07) is 9.23. The van der Waals surface area contributed by atoms with Crippen LogP contribution in [0.2, 0.25) is 5.28 Å². The zero-order chi connectivity index (χ0) is 13.0. The van der Waals surface area contributed by atoms with Gasteiger partial charge in [0.05, 0.1) is 13.3 Å². The Labute approximate surface area is 109 Å². The Bertz CT molecular complexity index is 592. The second kappa shape index (κ2) is 5.34. The fraction of sp³-hybridized carbons (Fsp3) is 0.0833. The van der Waals surface area contributed by atoms with Crippen LogP contribution < -0.4 is 10.1 Å². The molecule has 0 radical (unpaired) electrons. The van der Waals surface area contributed by atoms with Crippen LogP contribution in [0, 0.1) is 11.3 Å². The van der Waals surface area contributed by atoms with Gasteiger partial charge in [-0.3, -0.25) is 0 Å². The van der Waals surface area contributed by atoms with E-state index >= 15 is 0 Å². The van der Waals surface area contributed by atoms with E-state index in [2.05, 4.69) is 15.3 Å². The first-order valence-corrected chi connectivity index (χ1v) is 5.44. The van der Waals surface area contributed by atoms with E-state index in [0.29, 0.717) is 11.4 Å². The van der Waals surface area contributed by atoms with Gasteiger partial charge in [0.25, 0.3) is 0 Å². The fourth-order valence-electron chi connectivity index (χ4n) is 1.35. The van der Waals surface area contributed by atoms with Gasteiger partial charge in [0, 0.05) is 5.69 Å². The molecule has 5 nitrogen and oxygen atoms in total. The van der Waals surface area contributed by atoms with Crippen molar-refractivity contribution < 1.29 is 4.74 Å². The van der Waals surface area contributed by atoms with Gasteiger partial charge in [-0.05, 0) is 35.9 Å². The van der Waals surface area contributed by atoms with Crippen molar-refractivity contribution in [2.75, 3.05) is 12.4 Å². The van der Waals surface area contributed by atoms with Gasteiger partial charge >= 0.3 is 0 Å². The fourth-order valence-corrected chi connectivity index (χ4v) is 1.48. The van der Waals surface area contributed by atoms with E-state index in [1.807, 2.05) is 18.2 Å². The summed E-state index contributed by atoms with van der Waals surface area (Å²) in [5.74, 6) is 1.13. The Morgan fingerprint density at radius 2 is 2.06 bits per heavy atom. The zero-order valence-electron chi connectivity index (χ0n) is 9.51. The summed E-state index contributed by atoms with van der Waals surface area (Å²) in [5.41, 5.74) is 1.11. The molecule has 0 aliphatic heterocycles. The maximum Gasteiger partial charge on any atom is 0.224 e. The number of halogens is 1. The zero-order valence-corrected chi connectivity index (χ0v) is 10.3. The Kier molecular flexibility index (Phi) is 3.60. The molecule has 1 aromatic carbocycles. The highest BCUT2D eigenvalue weighted by Gasteiger charge is 2.06. The summed E-state index contributed by atoms with van der Waals surface area (Å²) in [4.78, 5) is 7.72. The molecule has 0 atom stereocenters. The van der Waals surface area contributed by atoms with Crippen molar-refractivity contribution in [2.24, 2.45) is 0 Å². The molecule has 0 amide bonds. The van der Waals surface area contributed by atoms with Crippen LogP contribution in [0.1, 0.15) is 5.56 Å². The minimum absolute atomic E-state index is 0.0880. The lowest BCUT2D eigenvalue weighted by atomic mass is 10.3. The van der Waals surface area contributed by atoms with E-state index in [-0.39, 0.29) is 5.28 Å². The van der Waals surface area contributed by atoms with Gasteiger partial charge in [0.1, 0.15) is 17.4 Å². The monoisotopic (exact) mass is 260 g/mol. The van der Waals surface area contributed by atoms with Gasteiger partial charge in [0.15, 0.2) is 5.82 Å². The van der Waals surface area contributed by atoms with Crippen molar-refractivity contribution in [3.63, 3.8) is 0 Å². The van der Waals surface area contributed by atoms with Crippen LogP contribution >= 0.6 is 11.6 Å². The maximum atomic E-state index is 8.94. The number of nitriles is 1.